The molecule has 0 aliphatic carbocycles. The molecule has 2 N–H and O–H groups in total. The molecule has 1 heterocycles. The number of hydrogen-bond acceptors (Lipinski definition) is 3. The van der Waals surface area contributed by atoms with Gasteiger partial charge in [0.25, 0.3) is 0 Å². The fourth-order valence-corrected chi connectivity index (χ4v) is 3.15. The molecule has 0 saturated carbocycles. The number of hydrogen-bond donors (Lipinski definition) is 1. The fourth-order valence-electron chi connectivity index (χ4n) is 3.15. The van der Waals surface area contributed by atoms with E-state index in [0.29, 0.717) is 12.1 Å². The summed E-state index contributed by atoms with van der Waals surface area (Å²) in [5.41, 5.74) is 8.12. The van der Waals surface area contributed by atoms with Crippen LogP contribution in [-0.2, 0) is 0 Å². The van der Waals surface area contributed by atoms with Gasteiger partial charge >= 0.3 is 0 Å². The van der Waals surface area contributed by atoms with Crippen LogP contribution >= 0.6 is 0 Å². The number of nitrogens with zero attached hydrogens (tertiary/aromatic N) is 2. The maximum atomic E-state index is 5.92. The van der Waals surface area contributed by atoms with Gasteiger partial charge in [-0.05, 0) is 51.1 Å². The van der Waals surface area contributed by atoms with Crippen LogP contribution in [-0.4, -0.2) is 42.5 Å². The third-order valence-electron chi connectivity index (χ3n) is 4.31. The minimum atomic E-state index is 0.444. The molecule has 2 unspecified atom stereocenters. The van der Waals surface area contributed by atoms with Gasteiger partial charge in [0.1, 0.15) is 0 Å². The number of nitrogens with two attached hydrogens (primary N) is 1. The average Bonchev–Trinajstić information content (AvgIpc) is 2.59. The summed E-state index contributed by atoms with van der Waals surface area (Å²) in [5, 5.41) is 0. The van der Waals surface area contributed by atoms with Gasteiger partial charge in [0.2, 0.25) is 0 Å². The molecule has 1 fully saturated rings. The van der Waals surface area contributed by atoms with Crippen molar-refractivity contribution in [1.82, 2.24) is 9.80 Å². The van der Waals surface area contributed by atoms with Crippen LogP contribution in [0.3, 0.4) is 0 Å². The number of nitrogen functional groups attached to an aromatic ring is 1. The molecule has 0 aromatic heterocycles. The lowest BCUT2D eigenvalue weighted by molar-refractivity contribution is 0.137. The predicted octanol–water partition coefficient (Wildman–Crippen LogP) is 2.75. The Morgan fingerprint density at radius 2 is 2.16 bits per heavy atom. The highest BCUT2D eigenvalue weighted by molar-refractivity contribution is 5.41. The van der Waals surface area contributed by atoms with Crippen molar-refractivity contribution in [1.29, 1.82) is 0 Å². The molecule has 3 nitrogen and oxygen atoms in total. The summed E-state index contributed by atoms with van der Waals surface area (Å²) in [6, 6.07) is 9.42. The van der Waals surface area contributed by atoms with Crippen molar-refractivity contribution in [2.45, 2.75) is 38.8 Å². The average molecular weight is 261 g/mol. The van der Waals surface area contributed by atoms with Crippen molar-refractivity contribution in [3.05, 3.63) is 29.8 Å². The molecule has 2 atom stereocenters. The SMILES string of the molecule is CCC1CN(C)CCCN1C(C)c1cccc(N)c1. The Morgan fingerprint density at radius 1 is 1.37 bits per heavy atom. The fraction of sp³-hybridized carbons (Fsp3) is 0.625. The first-order valence-corrected chi connectivity index (χ1v) is 7.41. The molecule has 0 spiro atoms. The summed E-state index contributed by atoms with van der Waals surface area (Å²) < 4.78 is 0. The maximum absolute atomic E-state index is 5.92. The number of benzene rings is 1. The second kappa shape index (κ2) is 6.40. The highest BCUT2D eigenvalue weighted by Gasteiger charge is 2.26. The minimum Gasteiger partial charge on any atom is -0.399 e. The standard InChI is InChI=1S/C16H27N3/c1-4-16-12-18(3)9-6-10-19(16)13(2)14-7-5-8-15(17)11-14/h5,7-8,11,13,16H,4,6,9-10,12,17H2,1-3H3. The largest absolute Gasteiger partial charge is 0.399 e. The van der Waals surface area contributed by atoms with Crippen molar-refractivity contribution in [2.24, 2.45) is 0 Å². The summed E-state index contributed by atoms with van der Waals surface area (Å²) in [4.78, 5) is 5.11. The third kappa shape index (κ3) is 3.48. The van der Waals surface area contributed by atoms with Gasteiger partial charge in [-0.2, -0.15) is 0 Å². The van der Waals surface area contributed by atoms with Gasteiger partial charge in [-0.3, -0.25) is 4.90 Å². The lowest BCUT2D eigenvalue weighted by Crippen LogP contribution is -2.41. The lowest BCUT2D eigenvalue weighted by Gasteiger charge is -2.35. The van der Waals surface area contributed by atoms with Crippen LogP contribution in [0, 0.1) is 0 Å². The Labute approximate surface area is 117 Å². The number of rotatable bonds is 3. The van der Waals surface area contributed by atoms with Crippen LogP contribution in [0.25, 0.3) is 0 Å². The number of likely N-dealkylation sites (N-methyl/N-ethyl adjacent to an activating group) is 1. The second-order valence-corrected chi connectivity index (χ2v) is 5.76. The number of anilines is 1. The first kappa shape index (κ1) is 14.4. The van der Waals surface area contributed by atoms with E-state index in [-0.39, 0.29) is 0 Å². The summed E-state index contributed by atoms with van der Waals surface area (Å²) in [7, 11) is 2.23. The second-order valence-electron chi connectivity index (χ2n) is 5.76. The monoisotopic (exact) mass is 261 g/mol. The van der Waals surface area contributed by atoms with Crippen molar-refractivity contribution in [2.75, 3.05) is 32.4 Å². The van der Waals surface area contributed by atoms with Crippen molar-refractivity contribution < 1.29 is 0 Å². The van der Waals surface area contributed by atoms with E-state index in [9.17, 15) is 0 Å². The van der Waals surface area contributed by atoms with Gasteiger partial charge in [0.05, 0.1) is 0 Å². The van der Waals surface area contributed by atoms with Gasteiger partial charge in [-0.15, -0.1) is 0 Å². The molecule has 1 aromatic carbocycles. The molecule has 1 aliphatic rings. The van der Waals surface area contributed by atoms with Gasteiger partial charge in [0.15, 0.2) is 0 Å². The van der Waals surface area contributed by atoms with E-state index in [1.54, 1.807) is 0 Å². The van der Waals surface area contributed by atoms with E-state index in [1.165, 1.54) is 38.0 Å². The quantitative estimate of drug-likeness (QED) is 0.849. The van der Waals surface area contributed by atoms with Crippen LogP contribution in [0.1, 0.15) is 38.3 Å². The van der Waals surface area contributed by atoms with Crippen molar-refractivity contribution in [3.8, 4) is 0 Å². The summed E-state index contributed by atoms with van der Waals surface area (Å²) in [6.45, 7) is 8.16. The van der Waals surface area contributed by atoms with E-state index >= 15 is 0 Å². The first-order valence-electron chi connectivity index (χ1n) is 7.41. The van der Waals surface area contributed by atoms with Crippen molar-refractivity contribution in [3.63, 3.8) is 0 Å². The van der Waals surface area contributed by atoms with E-state index < -0.39 is 0 Å². The first-order chi connectivity index (χ1) is 9.11. The smallest absolute Gasteiger partial charge is 0.0324 e. The normalized spacial score (nSPS) is 24.1. The molecule has 1 saturated heterocycles. The third-order valence-corrected chi connectivity index (χ3v) is 4.31. The molecule has 106 valence electrons. The zero-order valence-electron chi connectivity index (χ0n) is 12.5. The van der Waals surface area contributed by atoms with Gasteiger partial charge in [-0.1, -0.05) is 19.1 Å². The molecule has 0 amide bonds. The van der Waals surface area contributed by atoms with E-state index in [2.05, 4.69) is 48.9 Å². The summed E-state index contributed by atoms with van der Waals surface area (Å²) >= 11 is 0. The molecule has 3 heteroatoms. The molecule has 0 radical (unpaired) electrons. The molecule has 1 aromatic rings. The zero-order chi connectivity index (χ0) is 13.8. The topological polar surface area (TPSA) is 32.5 Å². The lowest BCUT2D eigenvalue weighted by atomic mass is 10.0. The van der Waals surface area contributed by atoms with Crippen LogP contribution in [0.15, 0.2) is 24.3 Å². The van der Waals surface area contributed by atoms with Crippen molar-refractivity contribution >= 4 is 5.69 Å². The van der Waals surface area contributed by atoms with Crippen LogP contribution in [0.2, 0.25) is 0 Å². The van der Waals surface area contributed by atoms with E-state index in [0.717, 1.165) is 5.69 Å². The zero-order valence-corrected chi connectivity index (χ0v) is 12.5. The Hall–Kier alpha value is -1.06. The molecular formula is C16H27N3. The predicted molar refractivity (Wildman–Crippen MR) is 82.2 cm³/mol. The van der Waals surface area contributed by atoms with Crippen LogP contribution < -0.4 is 5.73 Å². The van der Waals surface area contributed by atoms with Crippen LogP contribution in [0.4, 0.5) is 5.69 Å². The maximum Gasteiger partial charge on any atom is 0.0324 e. The molecule has 0 bridgehead atoms. The van der Waals surface area contributed by atoms with E-state index in [1.807, 2.05) is 6.07 Å². The minimum absolute atomic E-state index is 0.444. The molecule has 2 rings (SSSR count). The Morgan fingerprint density at radius 3 is 2.84 bits per heavy atom. The Kier molecular flexibility index (Phi) is 4.83. The van der Waals surface area contributed by atoms with Gasteiger partial charge in [-0.25, -0.2) is 0 Å². The van der Waals surface area contributed by atoms with Crippen LogP contribution in [0.5, 0.6) is 0 Å². The summed E-state index contributed by atoms with van der Waals surface area (Å²) in [6.07, 6.45) is 2.46. The van der Waals surface area contributed by atoms with Gasteiger partial charge < -0.3 is 10.6 Å². The molecular weight excluding hydrogens is 234 g/mol. The van der Waals surface area contributed by atoms with Gasteiger partial charge in [0, 0.05) is 30.9 Å². The Bertz CT molecular complexity index is 405. The molecule has 19 heavy (non-hydrogen) atoms. The summed E-state index contributed by atoms with van der Waals surface area (Å²) in [5.74, 6) is 0. The highest BCUT2D eigenvalue weighted by Crippen LogP contribution is 2.26. The molecule has 1 aliphatic heterocycles. The Balaban J connectivity index is 2.17. The highest BCUT2D eigenvalue weighted by atomic mass is 15.2. The van der Waals surface area contributed by atoms with E-state index in [4.69, 9.17) is 5.73 Å².